The molecule has 0 saturated heterocycles. The average molecular weight is 276 g/mol. The number of hydrogen-bond acceptors (Lipinski definition) is 4. The molecule has 1 aliphatic rings. The summed E-state index contributed by atoms with van der Waals surface area (Å²) in [6.07, 6.45) is 5.01. The van der Waals surface area contributed by atoms with E-state index in [1.807, 2.05) is 0 Å². The monoisotopic (exact) mass is 275 g/mol. The number of hydrogen-bond donors (Lipinski definition) is 1. The van der Waals surface area contributed by atoms with Gasteiger partial charge in [0.2, 0.25) is 0 Å². The first-order valence-corrected chi connectivity index (χ1v) is 6.65. The molecule has 98 valence electrons. The van der Waals surface area contributed by atoms with Crippen LogP contribution in [0.2, 0.25) is 5.02 Å². The molecule has 2 aromatic rings. The minimum atomic E-state index is 0.546. The van der Waals surface area contributed by atoms with Gasteiger partial charge in [-0.2, -0.15) is 0 Å². The number of fused-ring (bicyclic) bond motifs is 1. The molecule has 0 spiro atoms. The molecule has 0 fully saturated rings. The molecule has 2 heterocycles. The molecule has 4 nitrogen and oxygen atoms in total. The fraction of sp³-hybridized carbons (Fsp3) is 0.286. The minimum absolute atomic E-state index is 0.546. The van der Waals surface area contributed by atoms with E-state index >= 15 is 0 Å². The van der Waals surface area contributed by atoms with E-state index in [0.717, 1.165) is 31.7 Å². The average Bonchev–Trinajstić information content (AvgIpc) is 2.88. The van der Waals surface area contributed by atoms with Crippen molar-refractivity contribution in [2.45, 2.75) is 12.8 Å². The number of nitrogens with zero attached hydrogens (tertiary/aromatic N) is 2. The third-order valence-corrected chi connectivity index (χ3v) is 3.40. The van der Waals surface area contributed by atoms with Crippen molar-refractivity contribution in [2.75, 3.05) is 18.5 Å². The van der Waals surface area contributed by atoms with Gasteiger partial charge in [-0.25, -0.2) is 9.97 Å². The molecule has 5 heteroatoms. The number of anilines is 1. The molecule has 3 rings (SSSR count). The fourth-order valence-corrected chi connectivity index (χ4v) is 2.34. The normalized spacial score (nSPS) is 12.9. The lowest BCUT2D eigenvalue weighted by Gasteiger charge is -2.07. The van der Waals surface area contributed by atoms with Gasteiger partial charge in [0.15, 0.2) is 0 Å². The number of ether oxygens (including phenoxy) is 1. The standard InChI is InChI=1S/C14H14ClN3O/c15-12-8-16-9-18-14(12)17-5-3-10-1-2-13-11(7-10)4-6-19-13/h1-2,7-9H,3-6H2,(H,16,17,18). The van der Waals surface area contributed by atoms with E-state index in [1.54, 1.807) is 6.20 Å². The lowest BCUT2D eigenvalue weighted by molar-refractivity contribution is 0.357. The molecule has 0 radical (unpaired) electrons. The number of rotatable bonds is 4. The molecular formula is C14H14ClN3O. The van der Waals surface area contributed by atoms with E-state index in [4.69, 9.17) is 16.3 Å². The van der Waals surface area contributed by atoms with E-state index in [1.165, 1.54) is 17.5 Å². The minimum Gasteiger partial charge on any atom is -0.493 e. The van der Waals surface area contributed by atoms with Crippen molar-refractivity contribution in [3.63, 3.8) is 0 Å². The molecule has 0 saturated carbocycles. The highest BCUT2D eigenvalue weighted by molar-refractivity contribution is 6.32. The van der Waals surface area contributed by atoms with E-state index in [0.29, 0.717) is 10.8 Å². The van der Waals surface area contributed by atoms with Crippen LogP contribution in [-0.2, 0) is 12.8 Å². The topological polar surface area (TPSA) is 47.0 Å². The quantitative estimate of drug-likeness (QED) is 0.932. The van der Waals surface area contributed by atoms with Gasteiger partial charge in [0.25, 0.3) is 0 Å². The van der Waals surface area contributed by atoms with Crippen molar-refractivity contribution in [2.24, 2.45) is 0 Å². The molecule has 0 atom stereocenters. The van der Waals surface area contributed by atoms with Crippen molar-refractivity contribution < 1.29 is 4.74 Å². The smallest absolute Gasteiger partial charge is 0.148 e. The Morgan fingerprint density at radius 2 is 2.32 bits per heavy atom. The lowest BCUT2D eigenvalue weighted by Crippen LogP contribution is -2.07. The maximum absolute atomic E-state index is 5.98. The Kier molecular flexibility index (Phi) is 3.51. The molecule has 19 heavy (non-hydrogen) atoms. The second-order valence-electron chi connectivity index (χ2n) is 4.44. The van der Waals surface area contributed by atoms with Crippen LogP contribution in [0.15, 0.2) is 30.7 Å². The van der Waals surface area contributed by atoms with Crippen molar-refractivity contribution in [1.82, 2.24) is 9.97 Å². The van der Waals surface area contributed by atoms with Crippen LogP contribution in [-0.4, -0.2) is 23.1 Å². The van der Waals surface area contributed by atoms with Gasteiger partial charge in [0.05, 0.1) is 12.8 Å². The van der Waals surface area contributed by atoms with Crippen LogP contribution < -0.4 is 10.1 Å². The largest absolute Gasteiger partial charge is 0.493 e. The van der Waals surface area contributed by atoms with Crippen LogP contribution in [0.4, 0.5) is 5.82 Å². The van der Waals surface area contributed by atoms with Gasteiger partial charge in [-0.15, -0.1) is 0 Å². The number of nitrogens with one attached hydrogen (secondary N) is 1. The van der Waals surface area contributed by atoms with Gasteiger partial charge in [-0.3, -0.25) is 0 Å². The fourth-order valence-electron chi connectivity index (χ4n) is 2.16. The predicted molar refractivity (Wildman–Crippen MR) is 74.9 cm³/mol. The summed E-state index contributed by atoms with van der Waals surface area (Å²) < 4.78 is 5.49. The zero-order valence-corrected chi connectivity index (χ0v) is 11.2. The molecule has 1 N–H and O–H groups in total. The van der Waals surface area contributed by atoms with Crippen LogP contribution in [0, 0.1) is 0 Å². The molecule has 1 aromatic carbocycles. The highest BCUT2D eigenvalue weighted by Gasteiger charge is 2.11. The van der Waals surface area contributed by atoms with Gasteiger partial charge in [0.1, 0.15) is 22.9 Å². The second kappa shape index (κ2) is 5.45. The van der Waals surface area contributed by atoms with Crippen LogP contribution in [0.1, 0.15) is 11.1 Å². The van der Waals surface area contributed by atoms with E-state index in [2.05, 4.69) is 33.5 Å². The van der Waals surface area contributed by atoms with E-state index < -0.39 is 0 Å². The molecule has 0 bridgehead atoms. The molecule has 0 amide bonds. The number of aromatic nitrogens is 2. The number of halogens is 1. The Hall–Kier alpha value is -1.81. The summed E-state index contributed by atoms with van der Waals surface area (Å²) in [5.74, 6) is 1.71. The summed E-state index contributed by atoms with van der Waals surface area (Å²) in [5, 5.41) is 3.76. The zero-order chi connectivity index (χ0) is 13.1. The highest BCUT2D eigenvalue weighted by atomic mass is 35.5. The lowest BCUT2D eigenvalue weighted by atomic mass is 10.1. The number of benzene rings is 1. The van der Waals surface area contributed by atoms with Crippen LogP contribution in [0.25, 0.3) is 0 Å². The van der Waals surface area contributed by atoms with Crippen LogP contribution in [0.3, 0.4) is 0 Å². The Morgan fingerprint density at radius 3 is 3.21 bits per heavy atom. The van der Waals surface area contributed by atoms with E-state index in [9.17, 15) is 0 Å². The molecule has 1 aliphatic heterocycles. The zero-order valence-electron chi connectivity index (χ0n) is 10.4. The van der Waals surface area contributed by atoms with Crippen LogP contribution >= 0.6 is 11.6 Å². The Labute approximate surface area is 116 Å². The third kappa shape index (κ3) is 2.79. The summed E-state index contributed by atoms with van der Waals surface area (Å²) in [4.78, 5) is 7.95. The first-order chi connectivity index (χ1) is 9.33. The molecule has 1 aromatic heterocycles. The van der Waals surface area contributed by atoms with Crippen molar-refractivity contribution in [1.29, 1.82) is 0 Å². The summed E-state index contributed by atoms with van der Waals surface area (Å²) >= 11 is 5.98. The molecular weight excluding hydrogens is 262 g/mol. The van der Waals surface area contributed by atoms with Crippen molar-refractivity contribution in [3.05, 3.63) is 46.9 Å². The highest BCUT2D eigenvalue weighted by Crippen LogP contribution is 2.26. The molecule has 0 unspecified atom stereocenters. The van der Waals surface area contributed by atoms with Gasteiger partial charge >= 0.3 is 0 Å². The third-order valence-electron chi connectivity index (χ3n) is 3.13. The second-order valence-corrected chi connectivity index (χ2v) is 4.84. The van der Waals surface area contributed by atoms with Crippen molar-refractivity contribution >= 4 is 17.4 Å². The van der Waals surface area contributed by atoms with Gasteiger partial charge in [-0.1, -0.05) is 23.7 Å². The summed E-state index contributed by atoms with van der Waals surface area (Å²) in [5.41, 5.74) is 2.60. The Morgan fingerprint density at radius 1 is 1.37 bits per heavy atom. The maximum Gasteiger partial charge on any atom is 0.148 e. The first kappa shape index (κ1) is 12.2. The van der Waals surface area contributed by atoms with E-state index in [-0.39, 0.29) is 0 Å². The summed E-state index contributed by atoms with van der Waals surface area (Å²) in [6, 6.07) is 6.37. The maximum atomic E-state index is 5.98. The first-order valence-electron chi connectivity index (χ1n) is 6.27. The SMILES string of the molecule is Clc1cncnc1NCCc1ccc2c(c1)CCO2. The van der Waals surface area contributed by atoms with Crippen molar-refractivity contribution in [3.8, 4) is 5.75 Å². The Balaban J connectivity index is 1.59. The van der Waals surface area contributed by atoms with Gasteiger partial charge < -0.3 is 10.1 Å². The van der Waals surface area contributed by atoms with Gasteiger partial charge in [-0.05, 0) is 23.6 Å². The molecule has 0 aliphatic carbocycles. The predicted octanol–water partition coefficient (Wildman–Crippen LogP) is 2.72. The van der Waals surface area contributed by atoms with Crippen LogP contribution in [0.5, 0.6) is 5.75 Å². The summed E-state index contributed by atoms with van der Waals surface area (Å²) in [6.45, 7) is 1.59. The van der Waals surface area contributed by atoms with Gasteiger partial charge in [0, 0.05) is 13.0 Å². The Bertz CT molecular complexity index is 589. The summed E-state index contributed by atoms with van der Waals surface area (Å²) in [7, 11) is 0.